The van der Waals surface area contributed by atoms with E-state index in [1.54, 1.807) is 12.1 Å². The van der Waals surface area contributed by atoms with Gasteiger partial charge in [-0.3, -0.25) is 9.59 Å². The average molecular weight is 428 g/mol. The van der Waals surface area contributed by atoms with Crippen molar-refractivity contribution in [2.75, 3.05) is 11.9 Å². The van der Waals surface area contributed by atoms with Gasteiger partial charge in [0.25, 0.3) is 0 Å². The molecule has 5 nitrogen and oxygen atoms in total. The fraction of sp³-hybridized carbons (Fsp3) is 0.522. The summed E-state index contributed by atoms with van der Waals surface area (Å²) in [6.45, 7) is 1.88. The lowest BCUT2D eigenvalue weighted by molar-refractivity contribution is -0.146. The number of nitrogens with one attached hydrogen (secondary N) is 2. The first-order valence-electron chi connectivity index (χ1n) is 10.7. The van der Waals surface area contributed by atoms with Gasteiger partial charge in [0.1, 0.15) is 5.82 Å². The van der Waals surface area contributed by atoms with Gasteiger partial charge in [0, 0.05) is 15.9 Å². The molecule has 4 bridgehead atoms. The van der Waals surface area contributed by atoms with E-state index in [1.807, 2.05) is 6.92 Å². The first-order valence-corrected chi connectivity index (χ1v) is 11.5. The van der Waals surface area contributed by atoms with Crippen LogP contribution in [0.5, 0.6) is 0 Å². The van der Waals surface area contributed by atoms with Crippen LogP contribution in [0.3, 0.4) is 0 Å². The SMILES string of the molecule is Cc1sc(NC(=O)CNC(=O)C23CC4CC(CC(C4)C2)C3)nc1-c1ccc(F)cc1. The summed E-state index contributed by atoms with van der Waals surface area (Å²) in [5.74, 6) is 1.57. The number of aryl methyl sites for hydroxylation is 1. The van der Waals surface area contributed by atoms with Gasteiger partial charge in [-0.1, -0.05) is 0 Å². The number of hydrogen-bond acceptors (Lipinski definition) is 4. The Balaban J connectivity index is 1.19. The fourth-order valence-corrected chi connectivity index (χ4v) is 7.08. The zero-order valence-corrected chi connectivity index (χ0v) is 17.9. The van der Waals surface area contributed by atoms with Crippen molar-refractivity contribution in [3.63, 3.8) is 0 Å². The van der Waals surface area contributed by atoms with Crippen LogP contribution in [0.25, 0.3) is 11.3 Å². The molecule has 2 aromatic rings. The van der Waals surface area contributed by atoms with E-state index in [0.717, 1.165) is 35.4 Å². The highest BCUT2D eigenvalue weighted by Gasteiger charge is 2.54. The number of benzene rings is 1. The highest BCUT2D eigenvalue weighted by Crippen LogP contribution is 2.60. The number of aromatic nitrogens is 1. The van der Waals surface area contributed by atoms with Crippen molar-refractivity contribution < 1.29 is 14.0 Å². The van der Waals surface area contributed by atoms with Gasteiger partial charge in [0.15, 0.2) is 5.13 Å². The van der Waals surface area contributed by atoms with E-state index in [4.69, 9.17) is 0 Å². The van der Waals surface area contributed by atoms with Crippen molar-refractivity contribution >= 4 is 28.3 Å². The van der Waals surface area contributed by atoms with Crippen LogP contribution in [0.1, 0.15) is 43.4 Å². The number of hydrogen-bond donors (Lipinski definition) is 2. The van der Waals surface area contributed by atoms with E-state index in [9.17, 15) is 14.0 Å². The number of carbonyl (C=O) groups excluding carboxylic acids is 2. The molecule has 158 valence electrons. The normalized spacial score (nSPS) is 29.1. The smallest absolute Gasteiger partial charge is 0.245 e. The monoisotopic (exact) mass is 427 g/mol. The van der Waals surface area contributed by atoms with Crippen LogP contribution in [0.2, 0.25) is 0 Å². The van der Waals surface area contributed by atoms with E-state index >= 15 is 0 Å². The minimum Gasteiger partial charge on any atom is -0.347 e. The predicted molar refractivity (Wildman–Crippen MR) is 114 cm³/mol. The lowest BCUT2D eigenvalue weighted by Gasteiger charge is -2.55. The van der Waals surface area contributed by atoms with Crippen LogP contribution in [0, 0.1) is 35.9 Å². The van der Waals surface area contributed by atoms with Gasteiger partial charge >= 0.3 is 0 Å². The molecule has 4 aliphatic rings. The quantitative estimate of drug-likeness (QED) is 0.737. The van der Waals surface area contributed by atoms with E-state index < -0.39 is 0 Å². The van der Waals surface area contributed by atoms with Crippen molar-refractivity contribution in [1.82, 2.24) is 10.3 Å². The van der Waals surface area contributed by atoms with Crippen molar-refractivity contribution in [2.45, 2.75) is 45.4 Å². The third kappa shape index (κ3) is 3.64. The Bertz CT molecular complexity index is 950. The van der Waals surface area contributed by atoms with Crippen molar-refractivity contribution in [3.05, 3.63) is 35.0 Å². The summed E-state index contributed by atoms with van der Waals surface area (Å²) in [6, 6.07) is 6.14. The maximum Gasteiger partial charge on any atom is 0.245 e. The molecule has 4 saturated carbocycles. The second-order valence-corrected chi connectivity index (χ2v) is 10.6. The van der Waals surface area contributed by atoms with Crippen LogP contribution in [0.15, 0.2) is 24.3 Å². The number of amides is 2. The van der Waals surface area contributed by atoms with Crippen LogP contribution in [-0.2, 0) is 9.59 Å². The molecule has 0 atom stereocenters. The number of thiazole rings is 1. The molecule has 30 heavy (non-hydrogen) atoms. The first kappa shape index (κ1) is 19.7. The molecule has 2 amide bonds. The summed E-state index contributed by atoms with van der Waals surface area (Å²) in [5.41, 5.74) is 1.29. The molecular weight excluding hydrogens is 401 g/mol. The molecule has 1 aromatic heterocycles. The fourth-order valence-electron chi connectivity index (χ4n) is 6.23. The molecule has 0 radical (unpaired) electrons. The number of nitrogens with zero attached hydrogens (tertiary/aromatic N) is 1. The zero-order chi connectivity index (χ0) is 20.9. The summed E-state index contributed by atoms with van der Waals surface area (Å²) in [7, 11) is 0. The Hall–Kier alpha value is -2.28. The average Bonchev–Trinajstić information content (AvgIpc) is 3.05. The van der Waals surface area contributed by atoms with Gasteiger partial charge in [0.05, 0.1) is 12.2 Å². The predicted octanol–water partition coefficient (Wildman–Crippen LogP) is 4.53. The molecule has 2 N–H and O–H groups in total. The minimum atomic E-state index is -0.296. The van der Waals surface area contributed by atoms with Crippen molar-refractivity contribution in [3.8, 4) is 11.3 Å². The molecule has 4 fully saturated rings. The van der Waals surface area contributed by atoms with Gasteiger partial charge in [-0.2, -0.15) is 0 Å². The summed E-state index contributed by atoms with van der Waals surface area (Å²) in [6.07, 6.45) is 6.81. The molecule has 6 rings (SSSR count). The second kappa shape index (κ2) is 7.45. The van der Waals surface area contributed by atoms with Crippen LogP contribution in [0.4, 0.5) is 9.52 Å². The Morgan fingerprint density at radius 1 is 1.10 bits per heavy atom. The number of anilines is 1. The van der Waals surface area contributed by atoms with E-state index in [-0.39, 0.29) is 29.6 Å². The van der Waals surface area contributed by atoms with Crippen molar-refractivity contribution in [1.29, 1.82) is 0 Å². The Labute approximate surface area is 179 Å². The maximum absolute atomic E-state index is 13.2. The third-order valence-electron chi connectivity index (χ3n) is 7.09. The minimum absolute atomic E-state index is 0.0366. The highest BCUT2D eigenvalue weighted by atomic mass is 32.1. The summed E-state index contributed by atoms with van der Waals surface area (Å²) in [4.78, 5) is 30.8. The Kier molecular flexibility index (Phi) is 4.88. The second-order valence-electron chi connectivity index (χ2n) is 9.36. The molecule has 0 unspecified atom stereocenters. The van der Waals surface area contributed by atoms with Gasteiger partial charge < -0.3 is 10.6 Å². The molecule has 1 heterocycles. The van der Waals surface area contributed by atoms with Crippen LogP contribution >= 0.6 is 11.3 Å². The van der Waals surface area contributed by atoms with E-state index in [1.165, 1.54) is 42.7 Å². The number of carbonyl (C=O) groups is 2. The molecule has 0 aliphatic heterocycles. The van der Waals surface area contributed by atoms with Crippen LogP contribution in [-0.4, -0.2) is 23.3 Å². The largest absolute Gasteiger partial charge is 0.347 e. The number of halogens is 1. The van der Waals surface area contributed by atoms with Gasteiger partial charge in [-0.05, 0) is 87.5 Å². The highest BCUT2D eigenvalue weighted by molar-refractivity contribution is 7.16. The zero-order valence-electron chi connectivity index (χ0n) is 17.0. The van der Waals surface area contributed by atoms with Crippen molar-refractivity contribution in [2.24, 2.45) is 23.2 Å². The van der Waals surface area contributed by atoms with Crippen LogP contribution < -0.4 is 10.6 Å². The number of rotatable bonds is 5. The topological polar surface area (TPSA) is 71.1 Å². The summed E-state index contributed by atoms with van der Waals surface area (Å²) >= 11 is 1.37. The standard InChI is InChI=1S/C23H26FN3O2S/c1-13-20(17-2-4-18(24)5-3-17)27-22(30-13)26-19(28)12-25-21(29)23-9-14-6-15(10-23)8-16(7-14)11-23/h2-5,14-16H,6-12H2,1H3,(H,25,29)(H,26,27,28). The summed E-state index contributed by atoms with van der Waals surface area (Å²) < 4.78 is 13.2. The lowest BCUT2D eigenvalue weighted by atomic mass is 9.49. The Morgan fingerprint density at radius 2 is 1.70 bits per heavy atom. The maximum atomic E-state index is 13.2. The summed E-state index contributed by atoms with van der Waals surface area (Å²) in [5, 5.41) is 6.18. The van der Waals surface area contributed by atoms with Gasteiger partial charge in [0.2, 0.25) is 11.8 Å². The molecule has 7 heteroatoms. The molecule has 4 aliphatic carbocycles. The molecule has 0 saturated heterocycles. The molecule has 0 spiro atoms. The molecule has 1 aromatic carbocycles. The van der Waals surface area contributed by atoms with E-state index in [2.05, 4.69) is 15.6 Å². The first-order chi connectivity index (χ1) is 14.4. The lowest BCUT2D eigenvalue weighted by Crippen LogP contribution is -2.54. The van der Waals surface area contributed by atoms with Gasteiger partial charge in [-0.15, -0.1) is 11.3 Å². The van der Waals surface area contributed by atoms with Gasteiger partial charge in [-0.25, -0.2) is 9.37 Å². The third-order valence-corrected chi connectivity index (χ3v) is 7.98. The Morgan fingerprint density at radius 3 is 2.30 bits per heavy atom. The molecular formula is C23H26FN3O2S. The van der Waals surface area contributed by atoms with E-state index in [0.29, 0.717) is 22.9 Å².